The second kappa shape index (κ2) is 7.62. The molecule has 4 nitrogen and oxygen atoms in total. The number of primary amides is 1. The molecule has 142 valence electrons. The summed E-state index contributed by atoms with van der Waals surface area (Å²) in [5.74, 6) is -3.94. The number of carbonyl (C=O) groups excluding carboxylic acids is 2. The number of carbonyl (C=O) groups is 2. The zero-order valence-corrected chi connectivity index (χ0v) is 15.2. The predicted octanol–water partition coefficient (Wildman–Crippen LogP) is 4.96. The normalized spacial score (nSPS) is 12.5. The van der Waals surface area contributed by atoms with Gasteiger partial charge in [0.1, 0.15) is 5.76 Å². The maximum atomic E-state index is 13.1. The SMILES string of the molecule is Cc1cc(/C(O)=C(\C(=O)C(F)(F)F)c2cc(Cl)cc(Cl)c2)ccc1C(N)=O. The molecule has 0 heterocycles. The highest BCUT2D eigenvalue weighted by molar-refractivity contribution is 6.36. The first-order valence-corrected chi connectivity index (χ1v) is 8.09. The molecule has 1 amide bonds. The van der Waals surface area contributed by atoms with Crippen LogP contribution < -0.4 is 5.73 Å². The van der Waals surface area contributed by atoms with Crippen molar-refractivity contribution in [3.8, 4) is 0 Å². The van der Waals surface area contributed by atoms with Crippen molar-refractivity contribution in [1.82, 2.24) is 0 Å². The number of rotatable bonds is 4. The smallest absolute Gasteiger partial charge is 0.455 e. The Morgan fingerprint density at radius 3 is 2.00 bits per heavy atom. The molecule has 2 aromatic carbocycles. The number of aliphatic hydroxyl groups is 1. The minimum atomic E-state index is -5.25. The Bertz CT molecular complexity index is 949. The van der Waals surface area contributed by atoms with Crippen LogP contribution in [-0.4, -0.2) is 23.0 Å². The van der Waals surface area contributed by atoms with Crippen molar-refractivity contribution in [2.24, 2.45) is 5.73 Å². The van der Waals surface area contributed by atoms with Crippen molar-refractivity contribution in [2.45, 2.75) is 13.1 Å². The third kappa shape index (κ3) is 4.61. The summed E-state index contributed by atoms with van der Waals surface area (Å²) in [5.41, 5.74) is 4.20. The number of nitrogens with two attached hydrogens (primary N) is 1. The Kier molecular flexibility index (Phi) is 5.87. The van der Waals surface area contributed by atoms with E-state index in [1.54, 1.807) is 0 Å². The van der Waals surface area contributed by atoms with E-state index in [1.165, 1.54) is 31.2 Å². The van der Waals surface area contributed by atoms with E-state index in [0.29, 0.717) is 5.56 Å². The summed E-state index contributed by atoms with van der Waals surface area (Å²) < 4.78 is 39.3. The number of hydrogen-bond acceptors (Lipinski definition) is 3. The lowest BCUT2D eigenvalue weighted by atomic mass is 9.95. The molecule has 0 atom stereocenters. The van der Waals surface area contributed by atoms with Gasteiger partial charge in [-0.2, -0.15) is 13.2 Å². The van der Waals surface area contributed by atoms with Crippen LogP contribution in [-0.2, 0) is 4.79 Å². The number of hydrogen-bond donors (Lipinski definition) is 2. The number of halogens is 5. The molecule has 0 unspecified atom stereocenters. The van der Waals surface area contributed by atoms with Crippen LogP contribution in [0.2, 0.25) is 10.0 Å². The van der Waals surface area contributed by atoms with Gasteiger partial charge in [0, 0.05) is 21.2 Å². The second-order valence-electron chi connectivity index (χ2n) is 5.60. The van der Waals surface area contributed by atoms with E-state index in [9.17, 15) is 27.9 Å². The molecule has 0 aliphatic carbocycles. The van der Waals surface area contributed by atoms with E-state index in [4.69, 9.17) is 28.9 Å². The van der Waals surface area contributed by atoms with Crippen molar-refractivity contribution in [3.63, 3.8) is 0 Å². The highest BCUT2D eigenvalue weighted by Crippen LogP contribution is 2.35. The van der Waals surface area contributed by atoms with E-state index in [2.05, 4.69) is 0 Å². The molecule has 0 aromatic heterocycles. The largest absolute Gasteiger partial charge is 0.507 e. The molecular formula is C18H12Cl2F3NO3. The molecule has 0 aliphatic rings. The van der Waals surface area contributed by atoms with Crippen LogP contribution in [0.3, 0.4) is 0 Å². The molecular weight excluding hydrogens is 406 g/mol. The monoisotopic (exact) mass is 417 g/mol. The molecule has 0 fully saturated rings. The van der Waals surface area contributed by atoms with Crippen molar-refractivity contribution >= 4 is 46.2 Å². The van der Waals surface area contributed by atoms with Gasteiger partial charge in [0.15, 0.2) is 0 Å². The number of Topliss-reactive ketones (excluding diaryl/α,β-unsaturated/α-hetero) is 1. The van der Waals surface area contributed by atoms with Crippen LogP contribution in [0.4, 0.5) is 13.2 Å². The van der Waals surface area contributed by atoms with Crippen molar-refractivity contribution in [3.05, 3.63) is 68.7 Å². The number of allylic oxidation sites excluding steroid dienone is 1. The van der Waals surface area contributed by atoms with Gasteiger partial charge in [0.05, 0.1) is 5.57 Å². The summed E-state index contributed by atoms with van der Waals surface area (Å²) in [6, 6.07) is 7.08. The fourth-order valence-corrected chi connectivity index (χ4v) is 2.97. The van der Waals surface area contributed by atoms with Crippen LogP contribution in [0.25, 0.3) is 11.3 Å². The summed E-state index contributed by atoms with van der Waals surface area (Å²) in [7, 11) is 0. The van der Waals surface area contributed by atoms with Crippen LogP contribution in [0.5, 0.6) is 0 Å². The van der Waals surface area contributed by atoms with Crippen molar-refractivity contribution < 1.29 is 27.9 Å². The minimum Gasteiger partial charge on any atom is -0.507 e. The predicted molar refractivity (Wildman–Crippen MR) is 96.7 cm³/mol. The Morgan fingerprint density at radius 2 is 1.56 bits per heavy atom. The third-order valence-corrected chi connectivity index (χ3v) is 4.07. The summed E-state index contributed by atoms with van der Waals surface area (Å²) >= 11 is 11.6. The molecule has 0 radical (unpaired) electrons. The fourth-order valence-electron chi connectivity index (χ4n) is 2.45. The quantitative estimate of drug-likeness (QED) is 0.419. The molecule has 2 rings (SSSR count). The van der Waals surface area contributed by atoms with Crippen LogP contribution in [0.1, 0.15) is 27.0 Å². The summed E-state index contributed by atoms with van der Waals surface area (Å²) in [6.07, 6.45) is -5.25. The first-order valence-electron chi connectivity index (χ1n) is 7.34. The van der Waals surface area contributed by atoms with Crippen molar-refractivity contribution in [1.29, 1.82) is 0 Å². The van der Waals surface area contributed by atoms with Gasteiger partial charge < -0.3 is 10.8 Å². The molecule has 27 heavy (non-hydrogen) atoms. The maximum absolute atomic E-state index is 13.1. The number of alkyl halides is 3. The number of amides is 1. The van der Waals surface area contributed by atoms with Crippen LogP contribution >= 0.6 is 23.2 Å². The lowest BCUT2D eigenvalue weighted by Gasteiger charge is -2.14. The van der Waals surface area contributed by atoms with Gasteiger partial charge in [0.2, 0.25) is 5.91 Å². The standard InChI is InChI=1S/C18H12Cl2F3NO3/c1-8-4-9(2-3-13(8)17(24)27)15(25)14(16(26)18(21,22)23)10-5-11(19)7-12(20)6-10/h2-7,25H,1H3,(H2,24,27)/b15-14+. The minimum absolute atomic E-state index is 0.0157. The number of benzene rings is 2. The Morgan fingerprint density at radius 1 is 1.00 bits per heavy atom. The number of ketones is 1. The first kappa shape index (κ1) is 20.8. The van der Waals surface area contributed by atoms with Gasteiger partial charge in [-0.05, 0) is 48.4 Å². The van der Waals surface area contributed by atoms with Gasteiger partial charge in [0.25, 0.3) is 5.78 Å². The topological polar surface area (TPSA) is 80.4 Å². The Balaban J connectivity index is 2.76. The highest BCUT2D eigenvalue weighted by Gasteiger charge is 2.43. The second-order valence-corrected chi connectivity index (χ2v) is 6.48. The van der Waals surface area contributed by atoms with Gasteiger partial charge in [-0.1, -0.05) is 29.3 Å². The number of aliphatic hydroxyl groups excluding tert-OH is 1. The Labute approximate surface area is 162 Å². The lowest BCUT2D eigenvalue weighted by molar-refractivity contribution is -0.164. The summed E-state index contributed by atoms with van der Waals surface area (Å²) in [4.78, 5) is 23.2. The van der Waals surface area contributed by atoms with Gasteiger partial charge in [-0.15, -0.1) is 0 Å². The van der Waals surface area contributed by atoms with E-state index < -0.39 is 29.2 Å². The van der Waals surface area contributed by atoms with Gasteiger partial charge in [-0.25, -0.2) is 0 Å². The number of aryl methyl sites for hydroxylation is 1. The molecule has 0 saturated carbocycles. The van der Waals surface area contributed by atoms with E-state index in [1.807, 2.05) is 0 Å². The molecule has 0 bridgehead atoms. The molecule has 3 N–H and O–H groups in total. The summed E-state index contributed by atoms with van der Waals surface area (Å²) in [5, 5.41) is 10.4. The third-order valence-electron chi connectivity index (χ3n) is 3.64. The van der Waals surface area contributed by atoms with Gasteiger partial charge in [-0.3, -0.25) is 9.59 Å². The van der Waals surface area contributed by atoms with E-state index >= 15 is 0 Å². The fraction of sp³-hybridized carbons (Fsp3) is 0.111. The molecule has 9 heteroatoms. The zero-order valence-electron chi connectivity index (χ0n) is 13.7. The molecule has 0 spiro atoms. The van der Waals surface area contributed by atoms with Crippen LogP contribution in [0.15, 0.2) is 36.4 Å². The maximum Gasteiger partial charge on any atom is 0.455 e. The Hall–Kier alpha value is -2.51. The highest BCUT2D eigenvalue weighted by atomic mass is 35.5. The lowest BCUT2D eigenvalue weighted by Crippen LogP contribution is -2.25. The summed E-state index contributed by atoms with van der Waals surface area (Å²) in [6.45, 7) is 1.48. The van der Waals surface area contributed by atoms with E-state index in [0.717, 1.165) is 12.1 Å². The molecule has 0 aliphatic heterocycles. The zero-order chi connectivity index (χ0) is 20.5. The van der Waals surface area contributed by atoms with Crippen LogP contribution in [0, 0.1) is 6.92 Å². The average molecular weight is 418 g/mol. The average Bonchev–Trinajstić information content (AvgIpc) is 2.52. The molecule has 2 aromatic rings. The van der Waals surface area contributed by atoms with Crippen molar-refractivity contribution in [2.75, 3.05) is 0 Å². The molecule has 0 saturated heterocycles. The van der Waals surface area contributed by atoms with E-state index in [-0.39, 0.29) is 26.7 Å². The first-order chi connectivity index (χ1) is 12.4. The van der Waals surface area contributed by atoms with Gasteiger partial charge >= 0.3 is 6.18 Å².